The number of rotatable bonds is 2. The Hall–Kier alpha value is -1.74. The lowest BCUT2D eigenvalue weighted by atomic mass is 10.1. The average Bonchev–Trinajstić information content (AvgIpc) is 2.60. The molecule has 3 aromatic rings. The molecule has 3 heterocycles. The number of aromatic amines is 2. The Labute approximate surface area is 165 Å². The highest BCUT2D eigenvalue weighted by atomic mass is 79.9. The highest BCUT2D eigenvalue weighted by Crippen LogP contribution is 2.29. The van der Waals surface area contributed by atoms with E-state index in [0.717, 1.165) is 10.2 Å². The van der Waals surface area contributed by atoms with E-state index in [1.54, 1.807) is 12.1 Å². The van der Waals surface area contributed by atoms with Crippen molar-refractivity contribution in [1.82, 2.24) is 14.9 Å². The molecule has 0 spiro atoms. The molecular formula is C17H13BrClN3O3S. The Morgan fingerprint density at radius 2 is 2.12 bits per heavy atom. The van der Waals surface area contributed by atoms with Crippen LogP contribution in [-0.4, -0.2) is 21.4 Å². The van der Waals surface area contributed by atoms with Gasteiger partial charge in [-0.3, -0.25) is 14.7 Å². The van der Waals surface area contributed by atoms with Gasteiger partial charge in [0.25, 0.3) is 5.56 Å². The fourth-order valence-electron chi connectivity index (χ4n) is 3.18. The molecule has 134 valence electrons. The van der Waals surface area contributed by atoms with Crippen LogP contribution in [-0.2, 0) is 19.5 Å². The molecule has 0 aliphatic carbocycles. The summed E-state index contributed by atoms with van der Waals surface area (Å²) in [6, 6.07) is 5.31. The maximum absolute atomic E-state index is 12.4. The van der Waals surface area contributed by atoms with E-state index in [1.165, 1.54) is 0 Å². The summed E-state index contributed by atoms with van der Waals surface area (Å²) in [6.07, 6.45) is 0.644. The van der Waals surface area contributed by atoms with Crippen molar-refractivity contribution in [2.75, 3.05) is 6.54 Å². The first-order valence-electron chi connectivity index (χ1n) is 7.90. The SMILES string of the molecule is O=c1[nH]c(=S)[nH]c2c1CN(Cc1c(Cl)c3cc(Br)ccc3oc1=O)CC2. The van der Waals surface area contributed by atoms with Crippen molar-refractivity contribution in [3.05, 3.63) is 70.1 Å². The quantitative estimate of drug-likeness (QED) is 0.457. The molecule has 9 heteroatoms. The van der Waals surface area contributed by atoms with Crippen molar-refractivity contribution in [2.24, 2.45) is 0 Å². The van der Waals surface area contributed by atoms with Crippen molar-refractivity contribution in [3.8, 4) is 0 Å². The molecule has 0 atom stereocenters. The molecule has 2 N–H and O–H groups in total. The number of nitrogens with one attached hydrogen (secondary N) is 2. The summed E-state index contributed by atoms with van der Waals surface area (Å²) >= 11 is 14.9. The molecule has 0 fully saturated rings. The number of benzene rings is 1. The van der Waals surface area contributed by atoms with E-state index in [4.69, 9.17) is 28.2 Å². The Morgan fingerprint density at radius 1 is 1.31 bits per heavy atom. The maximum Gasteiger partial charge on any atom is 0.342 e. The zero-order chi connectivity index (χ0) is 18.4. The molecule has 0 saturated heterocycles. The normalized spacial score (nSPS) is 14.5. The molecule has 0 saturated carbocycles. The van der Waals surface area contributed by atoms with Crippen LogP contribution in [0.15, 0.2) is 36.7 Å². The Morgan fingerprint density at radius 3 is 2.92 bits per heavy atom. The second-order valence-electron chi connectivity index (χ2n) is 6.15. The van der Waals surface area contributed by atoms with Gasteiger partial charge in [-0.2, -0.15) is 0 Å². The van der Waals surface area contributed by atoms with Gasteiger partial charge in [-0.15, -0.1) is 0 Å². The van der Waals surface area contributed by atoms with Crippen LogP contribution in [0, 0.1) is 4.77 Å². The van der Waals surface area contributed by atoms with Gasteiger partial charge in [-0.25, -0.2) is 4.79 Å². The first-order valence-corrected chi connectivity index (χ1v) is 9.48. The Kier molecular flexibility index (Phi) is 4.60. The monoisotopic (exact) mass is 453 g/mol. The molecule has 0 radical (unpaired) electrons. The Bertz CT molecular complexity index is 1200. The van der Waals surface area contributed by atoms with Gasteiger partial charge >= 0.3 is 5.63 Å². The molecule has 0 unspecified atom stereocenters. The molecule has 1 aliphatic rings. The van der Waals surface area contributed by atoms with E-state index in [-0.39, 0.29) is 5.56 Å². The predicted octanol–water partition coefficient (Wildman–Crippen LogP) is 3.51. The smallest absolute Gasteiger partial charge is 0.342 e. The predicted molar refractivity (Wildman–Crippen MR) is 105 cm³/mol. The number of halogens is 2. The fraction of sp³-hybridized carbons (Fsp3) is 0.235. The van der Waals surface area contributed by atoms with E-state index in [9.17, 15) is 9.59 Å². The molecule has 1 aliphatic heterocycles. The summed E-state index contributed by atoms with van der Waals surface area (Å²) < 4.78 is 6.58. The minimum atomic E-state index is -0.461. The lowest BCUT2D eigenvalue weighted by Gasteiger charge is -2.27. The third-order valence-corrected chi connectivity index (χ3v) is 5.59. The van der Waals surface area contributed by atoms with Crippen LogP contribution in [0.5, 0.6) is 0 Å². The van der Waals surface area contributed by atoms with Crippen molar-refractivity contribution < 1.29 is 4.42 Å². The van der Waals surface area contributed by atoms with Crippen LogP contribution in [0.3, 0.4) is 0 Å². The minimum Gasteiger partial charge on any atom is -0.422 e. The van der Waals surface area contributed by atoms with Crippen LogP contribution in [0.1, 0.15) is 16.8 Å². The second-order valence-corrected chi connectivity index (χ2v) is 7.85. The molecule has 6 nitrogen and oxygen atoms in total. The van der Waals surface area contributed by atoms with Gasteiger partial charge in [-0.05, 0) is 30.4 Å². The number of hydrogen-bond acceptors (Lipinski definition) is 5. The van der Waals surface area contributed by atoms with Crippen LogP contribution in [0.2, 0.25) is 5.02 Å². The number of hydrogen-bond donors (Lipinski definition) is 2. The van der Waals surface area contributed by atoms with Crippen LogP contribution < -0.4 is 11.2 Å². The lowest BCUT2D eigenvalue weighted by Crippen LogP contribution is -2.36. The third kappa shape index (κ3) is 3.18. The van der Waals surface area contributed by atoms with Crippen molar-refractivity contribution in [3.63, 3.8) is 0 Å². The first-order chi connectivity index (χ1) is 12.4. The molecule has 26 heavy (non-hydrogen) atoms. The zero-order valence-electron chi connectivity index (χ0n) is 13.4. The summed E-state index contributed by atoms with van der Waals surface area (Å²) in [4.78, 5) is 32.2. The van der Waals surface area contributed by atoms with Gasteiger partial charge in [0, 0.05) is 41.6 Å². The molecule has 4 rings (SSSR count). The van der Waals surface area contributed by atoms with Crippen molar-refractivity contribution in [2.45, 2.75) is 19.5 Å². The molecular weight excluding hydrogens is 442 g/mol. The summed E-state index contributed by atoms with van der Waals surface area (Å²) in [5.74, 6) is 0. The number of aromatic nitrogens is 2. The van der Waals surface area contributed by atoms with E-state index in [0.29, 0.717) is 57.9 Å². The first kappa shape index (κ1) is 17.7. The second kappa shape index (κ2) is 6.77. The standard InChI is InChI=1S/C17H13BrClN3O3S/c18-8-1-2-13-9(5-8)14(19)11(16(24)25-13)7-22-4-3-12-10(6-22)15(23)21-17(26)20-12/h1-2,5H,3-4,6-7H2,(H2,20,21,23,26). The fourth-order valence-corrected chi connectivity index (χ4v) is 4.04. The zero-order valence-corrected chi connectivity index (χ0v) is 16.6. The molecule has 0 bridgehead atoms. The lowest BCUT2D eigenvalue weighted by molar-refractivity contribution is 0.238. The summed E-state index contributed by atoms with van der Waals surface area (Å²) in [6.45, 7) is 1.38. The molecule has 2 aromatic heterocycles. The number of nitrogens with zero attached hydrogens (tertiary/aromatic N) is 1. The number of fused-ring (bicyclic) bond motifs is 2. The summed E-state index contributed by atoms with van der Waals surface area (Å²) in [5, 5.41) is 1.06. The van der Waals surface area contributed by atoms with E-state index >= 15 is 0 Å². The van der Waals surface area contributed by atoms with Crippen molar-refractivity contribution >= 4 is 50.7 Å². The van der Waals surface area contributed by atoms with Gasteiger partial charge in [-0.1, -0.05) is 27.5 Å². The van der Waals surface area contributed by atoms with Crippen LogP contribution >= 0.6 is 39.7 Å². The Balaban J connectivity index is 1.71. The van der Waals surface area contributed by atoms with E-state index in [2.05, 4.69) is 25.9 Å². The largest absolute Gasteiger partial charge is 0.422 e. The minimum absolute atomic E-state index is 0.200. The van der Waals surface area contributed by atoms with Gasteiger partial charge in [0.15, 0.2) is 4.77 Å². The van der Waals surface area contributed by atoms with Gasteiger partial charge in [0.1, 0.15) is 5.58 Å². The van der Waals surface area contributed by atoms with Crippen molar-refractivity contribution in [1.29, 1.82) is 0 Å². The molecule has 1 aromatic carbocycles. The highest BCUT2D eigenvalue weighted by Gasteiger charge is 2.23. The summed E-state index contributed by atoms with van der Waals surface area (Å²) in [7, 11) is 0. The van der Waals surface area contributed by atoms with Gasteiger partial charge in [0.05, 0.1) is 16.1 Å². The average molecular weight is 455 g/mol. The van der Waals surface area contributed by atoms with E-state index in [1.807, 2.05) is 11.0 Å². The van der Waals surface area contributed by atoms with E-state index < -0.39 is 5.63 Å². The van der Waals surface area contributed by atoms with Gasteiger partial charge in [0.2, 0.25) is 0 Å². The highest BCUT2D eigenvalue weighted by molar-refractivity contribution is 9.10. The maximum atomic E-state index is 12.4. The topological polar surface area (TPSA) is 82.1 Å². The molecule has 0 amide bonds. The summed E-state index contributed by atoms with van der Waals surface area (Å²) in [5.41, 5.74) is 1.65. The number of H-pyrrole nitrogens is 2. The van der Waals surface area contributed by atoms with Crippen LogP contribution in [0.25, 0.3) is 11.0 Å². The van der Waals surface area contributed by atoms with Gasteiger partial charge < -0.3 is 9.40 Å². The van der Waals surface area contributed by atoms with Crippen LogP contribution in [0.4, 0.5) is 0 Å². The third-order valence-electron chi connectivity index (χ3n) is 4.46.